The SMILES string of the molecule is Cc1[nH]c2ccc(Cl)cc2c1CCNS(=O)(=O)CCc1ccccc1. The number of aryl methyl sites for hydroxylation is 2. The number of sulfonamides is 1. The van der Waals surface area contributed by atoms with E-state index in [0.29, 0.717) is 24.4 Å². The van der Waals surface area contributed by atoms with Gasteiger partial charge in [0.1, 0.15) is 0 Å². The summed E-state index contributed by atoms with van der Waals surface area (Å²) in [4.78, 5) is 3.31. The highest BCUT2D eigenvalue weighted by Gasteiger charge is 2.13. The van der Waals surface area contributed by atoms with Gasteiger partial charge in [-0.3, -0.25) is 0 Å². The van der Waals surface area contributed by atoms with Crippen LogP contribution in [0.4, 0.5) is 0 Å². The van der Waals surface area contributed by atoms with Crippen LogP contribution >= 0.6 is 11.6 Å². The Morgan fingerprint density at radius 1 is 1.08 bits per heavy atom. The van der Waals surface area contributed by atoms with Gasteiger partial charge in [-0.25, -0.2) is 13.1 Å². The number of hydrogen-bond acceptors (Lipinski definition) is 2. The summed E-state index contributed by atoms with van der Waals surface area (Å²) in [6.07, 6.45) is 1.13. The highest BCUT2D eigenvalue weighted by atomic mass is 35.5. The Hall–Kier alpha value is -1.82. The van der Waals surface area contributed by atoms with Crippen molar-refractivity contribution < 1.29 is 8.42 Å². The number of aromatic nitrogens is 1. The Bertz CT molecular complexity index is 966. The Kier molecular flexibility index (Phi) is 5.47. The predicted octanol–water partition coefficient (Wildman–Crippen LogP) is 3.83. The third-order valence-corrected chi connectivity index (χ3v) is 5.90. The first kappa shape index (κ1) is 18.0. The topological polar surface area (TPSA) is 62.0 Å². The highest BCUT2D eigenvalue weighted by Crippen LogP contribution is 2.25. The van der Waals surface area contributed by atoms with Gasteiger partial charge in [0.25, 0.3) is 0 Å². The Balaban J connectivity index is 1.60. The lowest BCUT2D eigenvalue weighted by molar-refractivity contribution is 0.581. The molecule has 132 valence electrons. The number of aromatic amines is 1. The minimum atomic E-state index is -3.29. The van der Waals surface area contributed by atoms with E-state index in [1.807, 2.05) is 55.5 Å². The Morgan fingerprint density at radius 2 is 1.84 bits per heavy atom. The van der Waals surface area contributed by atoms with E-state index in [1.165, 1.54) is 0 Å². The molecule has 0 radical (unpaired) electrons. The first-order valence-corrected chi connectivity index (χ1v) is 10.3. The molecule has 0 saturated carbocycles. The van der Waals surface area contributed by atoms with Crippen molar-refractivity contribution in [3.63, 3.8) is 0 Å². The fourth-order valence-corrected chi connectivity index (χ4v) is 4.21. The minimum Gasteiger partial charge on any atom is -0.358 e. The van der Waals surface area contributed by atoms with Crippen LogP contribution < -0.4 is 4.72 Å². The number of hydrogen-bond donors (Lipinski definition) is 2. The van der Waals surface area contributed by atoms with E-state index in [9.17, 15) is 8.42 Å². The molecule has 0 fully saturated rings. The Morgan fingerprint density at radius 3 is 2.60 bits per heavy atom. The maximum absolute atomic E-state index is 12.2. The molecule has 1 heterocycles. The predicted molar refractivity (Wildman–Crippen MR) is 104 cm³/mol. The third kappa shape index (κ3) is 4.63. The lowest BCUT2D eigenvalue weighted by atomic mass is 10.1. The van der Waals surface area contributed by atoms with Crippen molar-refractivity contribution in [1.29, 1.82) is 0 Å². The number of rotatable bonds is 7. The monoisotopic (exact) mass is 376 g/mol. The molecular weight excluding hydrogens is 356 g/mol. The van der Waals surface area contributed by atoms with Gasteiger partial charge in [-0.2, -0.15) is 0 Å². The molecule has 4 nitrogen and oxygen atoms in total. The zero-order chi connectivity index (χ0) is 17.9. The van der Waals surface area contributed by atoms with Crippen LogP contribution in [0.15, 0.2) is 48.5 Å². The molecule has 0 saturated heterocycles. The average molecular weight is 377 g/mol. The second-order valence-corrected chi connectivity index (χ2v) is 8.48. The fourth-order valence-electron chi connectivity index (χ4n) is 2.98. The standard InChI is InChI=1S/C19H21ClN2O2S/c1-14-17(18-13-16(20)7-8-19(18)22-14)9-11-21-25(23,24)12-10-15-5-3-2-4-6-15/h2-8,13,21-22H,9-12H2,1H3. The summed E-state index contributed by atoms with van der Waals surface area (Å²) in [5, 5.41) is 1.73. The van der Waals surface area contributed by atoms with Crippen LogP contribution in [-0.2, 0) is 22.9 Å². The van der Waals surface area contributed by atoms with Crippen molar-refractivity contribution in [1.82, 2.24) is 9.71 Å². The van der Waals surface area contributed by atoms with Gasteiger partial charge in [0.15, 0.2) is 0 Å². The summed E-state index contributed by atoms with van der Waals surface area (Å²) in [6.45, 7) is 2.37. The van der Waals surface area contributed by atoms with Crippen molar-refractivity contribution >= 4 is 32.5 Å². The maximum atomic E-state index is 12.2. The fraction of sp³-hybridized carbons (Fsp3) is 0.263. The third-order valence-electron chi connectivity index (χ3n) is 4.28. The summed E-state index contributed by atoms with van der Waals surface area (Å²) in [7, 11) is -3.29. The first-order valence-electron chi connectivity index (χ1n) is 8.22. The Labute approximate surface area is 153 Å². The molecular formula is C19H21ClN2O2S. The molecule has 3 rings (SSSR count). The molecule has 0 atom stereocenters. The molecule has 2 N–H and O–H groups in total. The summed E-state index contributed by atoms with van der Waals surface area (Å²) >= 11 is 6.08. The largest absolute Gasteiger partial charge is 0.358 e. The number of benzene rings is 2. The summed E-state index contributed by atoms with van der Waals surface area (Å²) in [6, 6.07) is 15.3. The van der Waals surface area contributed by atoms with Crippen LogP contribution in [0.25, 0.3) is 10.9 Å². The second-order valence-electron chi connectivity index (χ2n) is 6.12. The van der Waals surface area contributed by atoms with Gasteiger partial charge in [0.05, 0.1) is 5.75 Å². The first-order chi connectivity index (χ1) is 11.9. The molecule has 0 spiro atoms. The maximum Gasteiger partial charge on any atom is 0.211 e. The quantitative estimate of drug-likeness (QED) is 0.658. The average Bonchev–Trinajstić information content (AvgIpc) is 2.89. The van der Waals surface area contributed by atoms with Crippen molar-refractivity contribution in [2.75, 3.05) is 12.3 Å². The van der Waals surface area contributed by atoms with E-state index in [0.717, 1.165) is 27.7 Å². The van der Waals surface area contributed by atoms with E-state index in [-0.39, 0.29) is 5.75 Å². The van der Waals surface area contributed by atoms with Crippen LogP contribution in [0.1, 0.15) is 16.8 Å². The van der Waals surface area contributed by atoms with E-state index < -0.39 is 10.0 Å². The van der Waals surface area contributed by atoms with Crippen molar-refractivity contribution in [2.45, 2.75) is 19.8 Å². The van der Waals surface area contributed by atoms with Crippen LogP contribution in [0, 0.1) is 6.92 Å². The number of fused-ring (bicyclic) bond motifs is 1. The lowest BCUT2D eigenvalue weighted by Gasteiger charge is -2.07. The number of H-pyrrole nitrogens is 1. The second kappa shape index (κ2) is 7.60. The summed E-state index contributed by atoms with van der Waals surface area (Å²) < 4.78 is 27.1. The number of nitrogens with one attached hydrogen (secondary N) is 2. The zero-order valence-corrected chi connectivity index (χ0v) is 15.6. The molecule has 0 aliphatic heterocycles. The van der Waals surface area contributed by atoms with Gasteiger partial charge in [-0.1, -0.05) is 41.9 Å². The van der Waals surface area contributed by atoms with Gasteiger partial charge in [0.2, 0.25) is 10.0 Å². The van der Waals surface area contributed by atoms with Gasteiger partial charge in [-0.15, -0.1) is 0 Å². The van der Waals surface area contributed by atoms with Crippen molar-refractivity contribution in [3.05, 3.63) is 70.4 Å². The molecule has 1 aromatic heterocycles. The molecule has 0 amide bonds. The van der Waals surface area contributed by atoms with Gasteiger partial charge in [-0.05, 0) is 49.1 Å². The smallest absolute Gasteiger partial charge is 0.211 e. The van der Waals surface area contributed by atoms with Gasteiger partial charge in [0, 0.05) is 28.2 Å². The highest BCUT2D eigenvalue weighted by molar-refractivity contribution is 7.89. The molecule has 3 aromatic rings. The van der Waals surface area contributed by atoms with Crippen molar-refractivity contribution in [2.24, 2.45) is 0 Å². The normalized spacial score (nSPS) is 11.9. The molecule has 0 aliphatic carbocycles. The zero-order valence-electron chi connectivity index (χ0n) is 14.0. The van der Waals surface area contributed by atoms with E-state index >= 15 is 0 Å². The van der Waals surface area contributed by atoms with Crippen LogP contribution in [0.3, 0.4) is 0 Å². The number of halogens is 1. The molecule has 2 aromatic carbocycles. The van der Waals surface area contributed by atoms with Gasteiger partial charge < -0.3 is 4.98 Å². The van der Waals surface area contributed by atoms with Crippen LogP contribution in [0.5, 0.6) is 0 Å². The summed E-state index contributed by atoms with van der Waals surface area (Å²) in [5.41, 5.74) is 4.18. The van der Waals surface area contributed by atoms with E-state index in [1.54, 1.807) is 0 Å². The summed E-state index contributed by atoms with van der Waals surface area (Å²) in [5.74, 6) is 0.0930. The van der Waals surface area contributed by atoms with Crippen LogP contribution in [0.2, 0.25) is 5.02 Å². The van der Waals surface area contributed by atoms with E-state index in [4.69, 9.17) is 11.6 Å². The van der Waals surface area contributed by atoms with E-state index in [2.05, 4.69) is 9.71 Å². The lowest BCUT2D eigenvalue weighted by Crippen LogP contribution is -2.29. The molecule has 0 bridgehead atoms. The molecule has 0 aliphatic rings. The molecule has 25 heavy (non-hydrogen) atoms. The molecule has 6 heteroatoms. The van der Waals surface area contributed by atoms with Crippen molar-refractivity contribution in [3.8, 4) is 0 Å². The van der Waals surface area contributed by atoms with Crippen LogP contribution in [-0.4, -0.2) is 25.7 Å². The minimum absolute atomic E-state index is 0.0930. The van der Waals surface area contributed by atoms with Gasteiger partial charge >= 0.3 is 0 Å². The molecule has 0 unspecified atom stereocenters.